The third-order valence-electron chi connectivity index (χ3n) is 3.02. The summed E-state index contributed by atoms with van der Waals surface area (Å²) in [5, 5.41) is 10.6. The number of benzene rings is 1. The van der Waals surface area contributed by atoms with Crippen molar-refractivity contribution in [2.45, 2.75) is 31.9 Å². The third-order valence-corrected chi connectivity index (χ3v) is 3.02. The van der Waals surface area contributed by atoms with E-state index in [2.05, 4.69) is 0 Å². The Morgan fingerprint density at radius 2 is 1.95 bits per heavy atom. The number of halogens is 3. The molecule has 1 aliphatic rings. The number of nitrogens with one attached hydrogen (secondary N) is 1. The van der Waals surface area contributed by atoms with Gasteiger partial charge in [-0.05, 0) is 23.3 Å². The molecule has 0 radical (unpaired) electrons. The summed E-state index contributed by atoms with van der Waals surface area (Å²) in [4.78, 5) is 22.7. The summed E-state index contributed by atoms with van der Waals surface area (Å²) >= 11 is 0. The second-order valence-electron chi connectivity index (χ2n) is 4.66. The second kappa shape index (κ2) is 5.72. The highest BCUT2D eigenvalue weighted by Crippen LogP contribution is 2.23. The maximum absolute atomic E-state index is 12.3. The number of carboxylic acids is 1. The lowest BCUT2D eigenvalue weighted by molar-refractivity contribution is -0.157. The van der Waals surface area contributed by atoms with Crippen LogP contribution in [0.5, 0.6) is 0 Å². The molecule has 0 saturated carbocycles. The predicted octanol–water partition coefficient (Wildman–Crippen LogP) is 1.85. The van der Waals surface area contributed by atoms with E-state index in [4.69, 9.17) is 9.84 Å². The first-order chi connectivity index (χ1) is 9.76. The molecule has 8 heteroatoms. The number of hydrogen-bond acceptors (Lipinski definition) is 3. The minimum Gasteiger partial charge on any atom is -0.480 e. The Kier molecular flexibility index (Phi) is 4.17. The summed E-state index contributed by atoms with van der Waals surface area (Å²) in [6.07, 6.45) is -6.30. The van der Waals surface area contributed by atoms with Gasteiger partial charge >= 0.3 is 12.1 Å². The fourth-order valence-corrected chi connectivity index (χ4v) is 1.99. The average Bonchev–Trinajstić information content (AvgIpc) is 2.83. The van der Waals surface area contributed by atoms with Crippen LogP contribution < -0.4 is 5.32 Å². The smallest absolute Gasteiger partial charge is 0.391 e. The number of ether oxygens (including phenoxy) is 1. The minimum absolute atomic E-state index is 0.104. The average molecular weight is 303 g/mol. The summed E-state index contributed by atoms with van der Waals surface area (Å²) in [6.45, 7) is 0.740. The standard InChI is InChI=1S/C13H12F3NO4/c14-13(15,16)4-10(12(19)20)17-11(18)7-1-2-8-5-21-6-9(8)3-7/h1-3,10H,4-6H2,(H,17,18)(H,19,20). The zero-order valence-corrected chi connectivity index (χ0v) is 10.7. The van der Waals surface area contributed by atoms with Gasteiger partial charge in [0.05, 0.1) is 19.6 Å². The molecule has 1 amide bonds. The molecule has 0 spiro atoms. The van der Waals surface area contributed by atoms with Crippen molar-refractivity contribution in [2.75, 3.05) is 0 Å². The van der Waals surface area contributed by atoms with E-state index < -0.39 is 30.5 Å². The summed E-state index contributed by atoms with van der Waals surface area (Å²) < 4.78 is 42.0. The maximum atomic E-state index is 12.3. The van der Waals surface area contributed by atoms with Crippen LogP contribution in [0.3, 0.4) is 0 Å². The Morgan fingerprint density at radius 3 is 2.57 bits per heavy atom. The van der Waals surface area contributed by atoms with E-state index in [1.165, 1.54) is 12.1 Å². The van der Waals surface area contributed by atoms with Gasteiger partial charge in [0.1, 0.15) is 6.04 Å². The molecule has 21 heavy (non-hydrogen) atoms. The Labute approximate surface area is 117 Å². The molecule has 2 rings (SSSR count). The monoisotopic (exact) mass is 303 g/mol. The van der Waals surface area contributed by atoms with Crippen LogP contribution in [0.4, 0.5) is 13.2 Å². The SMILES string of the molecule is O=C(NC(CC(F)(F)F)C(=O)O)c1ccc2c(c1)COC2. The zero-order valence-electron chi connectivity index (χ0n) is 10.7. The van der Waals surface area contributed by atoms with Crippen LogP contribution in [-0.2, 0) is 22.7 Å². The summed E-state index contributed by atoms with van der Waals surface area (Å²) in [5.41, 5.74) is 1.77. The fourth-order valence-electron chi connectivity index (χ4n) is 1.99. The van der Waals surface area contributed by atoms with Gasteiger partial charge in [0, 0.05) is 5.56 Å². The number of carbonyl (C=O) groups excluding carboxylic acids is 1. The van der Waals surface area contributed by atoms with E-state index in [9.17, 15) is 22.8 Å². The van der Waals surface area contributed by atoms with Gasteiger partial charge in [-0.15, -0.1) is 0 Å². The molecule has 0 aromatic heterocycles. The lowest BCUT2D eigenvalue weighted by atomic mass is 10.1. The molecule has 1 aromatic carbocycles. The molecule has 5 nitrogen and oxygen atoms in total. The molecule has 114 valence electrons. The van der Waals surface area contributed by atoms with Crippen molar-refractivity contribution in [1.29, 1.82) is 0 Å². The van der Waals surface area contributed by atoms with E-state index in [0.717, 1.165) is 11.1 Å². The minimum atomic E-state index is -4.68. The van der Waals surface area contributed by atoms with E-state index in [1.807, 2.05) is 5.32 Å². The number of fused-ring (bicyclic) bond motifs is 1. The van der Waals surface area contributed by atoms with Crippen LogP contribution in [-0.4, -0.2) is 29.2 Å². The Balaban J connectivity index is 2.10. The number of carbonyl (C=O) groups is 2. The van der Waals surface area contributed by atoms with Gasteiger partial charge in [0.2, 0.25) is 0 Å². The molecular formula is C13H12F3NO4. The molecule has 1 aromatic rings. The first-order valence-corrected chi connectivity index (χ1v) is 6.06. The van der Waals surface area contributed by atoms with E-state index in [1.54, 1.807) is 6.07 Å². The highest BCUT2D eigenvalue weighted by Gasteiger charge is 2.36. The molecular weight excluding hydrogens is 291 g/mol. The molecule has 0 fully saturated rings. The number of alkyl halides is 3. The van der Waals surface area contributed by atoms with Gasteiger partial charge in [-0.3, -0.25) is 4.79 Å². The van der Waals surface area contributed by atoms with Crippen molar-refractivity contribution in [3.8, 4) is 0 Å². The second-order valence-corrected chi connectivity index (χ2v) is 4.66. The highest BCUT2D eigenvalue weighted by molar-refractivity contribution is 5.96. The molecule has 0 bridgehead atoms. The Hall–Kier alpha value is -2.09. The van der Waals surface area contributed by atoms with Crippen molar-refractivity contribution in [3.05, 3.63) is 34.9 Å². The Bertz CT molecular complexity index is 571. The number of carboxylic acid groups (broad SMARTS) is 1. The van der Waals surface area contributed by atoms with Gasteiger partial charge in [-0.2, -0.15) is 13.2 Å². The normalized spacial score (nSPS) is 15.4. The predicted molar refractivity (Wildman–Crippen MR) is 64.5 cm³/mol. The van der Waals surface area contributed by atoms with Crippen molar-refractivity contribution in [3.63, 3.8) is 0 Å². The lowest BCUT2D eigenvalue weighted by Gasteiger charge is -2.16. The highest BCUT2D eigenvalue weighted by atomic mass is 19.4. The number of amides is 1. The largest absolute Gasteiger partial charge is 0.480 e. The van der Waals surface area contributed by atoms with Crippen molar-refractivity contribution < 1.29 is 32.6 Å². The quantitative estimate of drug-likeness (QED) is 0.890. The first kappa shape index (κ1) is 15.3. The van der Waals surface area contributed by atoms with Crippen LogP contribution >= 0.6 is 0 Å². The van der Waals surface area contributed by atoms with Gasteiger partial charge in [-0.25, -0.2) is 4.79 Å². The van der Waals surface area contributed by atoms with Gasteiger partial charge < -0.3 is 15.2 Å². The van der Waals surface area contributed by atoms with E-state index >= 15 is 0 Å². The van der Waals surface area contributed by atoms with Crippen LogP contribution in [0.2, 0.25) is 0 Å². The molecule has 1 aliphatic heterocycles. The number of hydrogen-bond donors (Lipinski definition) is 2. The molecule has 2 N–H and O–H groups in total. The van der Waals surface area contributed by atoms with Crippen molar-refractivity contribution in [2.24, 2.45) is 0 Å². The molecule has 0 saturated heterocycles. The third kappa shape index (κ3) is 3.94. The topological polar surface area (TPSA) is 75.6 Å². The number of aliphatic carboxylic acids is 1. The lowest BCUT2D eigenvalue weighted by Crippen LogP contribution is -2.43. The van der Waals surface area contributed by atoms with Crippen molar-refractivity contribution in [1.82, 2.24) is 5.32 Å². The van der Waals surface area contributed by atoms with Crippen LogP contribution in [0.1, 0.15) is 27.9 Å². The van der Waals surface area contributed by atoms with Gasteiger partial charge in [-0.1, -0.05) is 6.07 Å². The maximum Gasteiger partial charge on any atom is 0.391 e. The molecule has 1 unspecified atom stereocenters. The number of rotatable bonds is 4. The van der Waals surface area contributed by atoms with Crippen LogP contribution in [0.15, 0.2) is 18.2 Å². The zero-order chi connectivity index (χ0) is 15.6. The Morgan fingerprint density at radius 1 is 1.29 bits per heavy atom. The molecule has 1 heterocycles. The fraction of sp³-hybridized carbons (Fsp3) is 0.385. The van der Waals surface area contributed by atoms with E-state index in [-0.39, 0.29) is 5.56 Å². The van der Waals surface area contributed by atoms with Crippen molar-refractivity contribution >= 4 is 11.9 Å². The van der Waals surface area contributed by atoms with Gasteiger partial charge in [0.15, 0.2) is 0 Å². The summed E-state index contributed by atoms with van der Waals surface area (Å²) in [6, 6.07) is 2.54. The van der Waals surface area contributed by atoms with Crippen LogP contribution in [0.25, 0.3) is 0 Å². The van der Waals surface area contributed by atoms with Crippen LogP contribution in [0, 0.1) is 0 Å². The summed E-state index contributed by atoms with van der Waals surface area (Å²) in [7, 11) is 0. The summed E-state index contributed by atoms with van der Waals surface area (Å²) in [5.74, 6) is -2.59. The molecule has 0 aliphatic carbocycles. The van der Waals surface area contributed by atoms with Gasteiger partial charge in [0.25, 0.3) is 5.91 Å². The van der Waals surface area contributed by atoms with E-state index in [0.29, 0.717) is 13.2 Å². The first-order valence-electron chi connectivity index (χ1n) is 6.06. The molecule has 1 atom stereocenters.